The third kappa shape index (κ3) is 2.86. The summed E-state index contributed by atoms with van der Waals surface area (Å²) in [5.74, 6) is -1.33. The summed E-state index contributed by atoms with van der Waals surface area (Å²) < 4.78 is -2.05. The van der Waals surface area contributed by atoms with Crippen LogP contribution < -0.4 is 0 Å². The van der Waals surface area contributed by atoms with Crippen molar-refractivity contribution in [3.63, 3.8) is 0 Å². The minimum absolute atomic E-state index is 0.220. The molecule has 1 rings (SSSR count). The van der Waals surface area contributed by atoms with Gasteiger partial charge in [-0.3, -0.25) is 4.79 Å². The van der Waals surface area contributed by atoms with E-state index in [0.717, 1.165) is 0 Å². The number of carbonyl (C=O) groups excluding carboxylic acids is 1. The summed E-state index contributed by atoms with van der Waals surface area (Å²) in [6.07, 6.45) is 0. The molecule has 0 saturated heterocycles. The summed E-state index contributed by atoms with van der Waals surface area (Å²) in [6.45, 7) is 0. The van der Waals surface area contributed by atoms with Gasteiger partial charge in [-0.2, -0.15) is 0 Å². The lowest BCUT2D eigenvalue weighted by atomic mass is 10.1. The summed E-state index contributed by atoms with van der Waals surface area (Å²) in [7, 11) is 0. The Bertz CT molecular complexity index is 378. The molecule has 1 aromatic rings. The summed E-state index contributed by atoms with van der Waals surface area (Å²) in [5.41, 5.74) is 0.220. The molecule has 1 atom stereocenters. The molecule has 0 heterocycles. The minimum atomic E-state index is -2.05. The summed E-state index contributed by atoms with van der Waals surface area (Å²) in [6, 6.07) is 7.81. The molecule has 0 saturated carbocycles. The molecular weight excluding hydrogens is 317 g/mol. The van der Waals surface area contributed by atoms with E-state index in [2.05, 4.69) is 4.84 Å². The lowest BCUT2D eigenvalue weighted by Crippen LogP contribution is -2.32. The molecule has 80 valence electrons. The number of carbonyl (C=O) groups is 1. The van der Waals surface area contributed by atoms with Crippen LogP contribution in [-0.4, -0.2) is 16.2 Å². The van der Waals surface area contributed by atoms with Crippen LogP contribution >= 0.6 is 22.6 Å². The van der Waals surface area contributed by atoms with Gasteiger partial charge in [0, 0.05) is 5.56 Å². The minimum Gasteiger partial charge on any atom is -0.367 e. The Morgan fingerprint density at radius 1 is 1.47 bits per heavy atom. The third-order valence-corrected chi connectivity index (χ3v) is 2.65. The Hall–Kier alpha value is -1.22. The van der Waals surface area contributed by atoms with Crippen LogP contribution in [0.4, 0.5) is 0 Å². The molecule has 1 aromatic carbocycles. The average Bonchev–Trinajstić information content (AvgIpc) is 2.18. The normalized spacial score (nSPS) is 14.0. The second-order valence-corrected chi connectivity index (χ2v) is 4.15. The smallest absolute Gasteiger partial charge is 0.349 e. The van der Waals surface area contributed by atoms with Crippen molar-refractivity contribution >= 4 is 28.6 Å². The molecule has 7 heteroatoms. The average molecular weight is 323 g/mol. The zero-order valence-corrected chi connectivity index (χ0v) is 9.45. The lowest BCUT2D eigenvalue weighted by Gasteiger charge is -2.17. The van der Waals surface area contributed by atoms with Gasteiger partial charge < -0.3 is 5.11 Å². The Kier molecular flexibility index (Phi) is 3.58. The maximum absolute atomic E-state index is 11.2. The molecule has 0 fully saturated rings. The van der Waals surface area contributed by atoms with E-state index in [1.165, 1.54) is 34.7 Å². The van der Waals surface area contributed by atoms with Crippen LogP contribution in [0.15, 0.2) is 30.3 Å². The first-order valence-electron chi connectivity index (χ1n) is 3.78. The summed E-state index contributed by atoms with van der Waals surface area (Å²) in [4.78, 5) is 24.8. The van der Waals surface area contributed by atoms with Gasteiger partial charge in [0.1, 0.15) is 0 Å². The van der Waals surface area contributed by atoms with Crippen molar-refractivity contribution in [2.75, 3.05) is 0 Å². The number of benzene rings is 1. The second-order valence-electron chi connectivity index (χ2n) is 2.59. The largest absolute Gasteiger partial charge is 0.367 e. The molecule has 1 N–H and O–H groups in total. The number of alkyl halides is 1. The molecule has 0 radical (unpaired) electrons. The molecular formula is C8H6INO5. The SMILES string of the molecule is O=C(O[N+](=O)[O-])C(O)(I)c1ccccc1. The van der Waals surface area contributed by atoms with Crippen LogP contribution in [0.2, 0.25) is 0 Å². The van der Waals surface area contributed by atoms with Crippen molar-refractivity contribution in [1.82, 2.24) is 0 Å². The van der Waals surface area contributed by atoms with Crippen molar-refractivity contribution in [3.8, 4) is 0 Å². The van der Waals surface area contributed by atoms with Gasteiger partial charge in [-0.05, 0) is 22.6 Å². The van der Waals surface area contributed by atoms with Gasteiger partial charge in [0.25, 0.3) is 0 Å². The fraction of sp³-hybridized carbons (Fsp3) is 0.125. The van der Waals surface area contributed by atoms with E-state index in [1.54, 1.807) is 18.2 Å². The standard InChI is InChI=1S/C8H6INO5/c9-8(12,7(11)15-10(13)14)6-4-2-1-3-5-6/h1-5,12H. The van der Waals surface area contributed by atoms with Crippen LogP contribution in [-0.2, 0) is 13.2 Å². The van der Waals surface area contributed by atoms with Crippen LogP contribution in [0.5, 0.6) is 0 Å². The molecule has 15 heavy (non-hydrogen) atoms. The molecule has 0 aliphatic carbocycles. The first-order valence-corrected chi connectivity index (χ1v) is 4.86. The van der Waals surface area contributed by atoms with Crippen molar-refractivity contribution in [3.05, 3.63) is 46.0 Å². The monoisotopic (exact) mass is 323 g/mol. The quantitative estimate of drug-likeness (QED) is 0.388. The fourth-order valence-electron chi connectivity index (χ4n) is 0.905. The Morgan fingerprint density at radius 2 is 2.00 bits per heavy atom. The van der Waals surface area contributed by atoms with E-state index in [4.69, 9.17) is 0 Å². The van der Waals surface area contributed by atoms with E-state index in [-0.39, 0.29) is 5.56 Å². The fourth-order valence-corrected chi connectivity index (χ4v) is 1.36. The molecule has 0 amide bonds. The van der Waals surface area contributed by atoms with Crippen molar-refractivity contribution < 1.29 is 19.8 Å². The maximum Gasteiger partial charge on any atom is 0.349 e. The van der Waals surface area contributed by atoms with Crippen molar-refractivity contribution in [2.24, 2.45) is 0 Å². The van der Waals surface area contributed by atoms with Gasteiger partial charge in [-0.15, -0.1) is 10.1 Å². The van der Waals surface area contributed by atoms with Crippen LogP contribution in [0.25, 0.3) is 0 Å². The number of hydrogen-bond acceptors (Lipinski definition) is 5. The highest BCUT2D eigenvalue weighted by molar-refractivity contribution is 14.1. The first kappa shape index (κ1) is 11.9. The predicted molar refractivity (Wildman–Crippen MR) is 57.4 cm³/mol. The molecule has 0 bridgehead atoms. The summed E-state index contributed by atoms with van der Waals surface area (Å²) >= 11 is 1.38. The molecule has 0 aliphatic heterocycles. The zero-order valence-electron chi connectivity index (χ0n) is 7.29. The highest BCUT2D eigenvalue weighted by Crippen LogP contribution is 2.29. The van der Waals surface area contributed by atoms with Crippen LogP contribution in [0.1, 0.15) is 5.56 Å². The topological polar surface area (TPSA) is 89.7 Å². The molecule has 1 unspecified atom stereocenters. The van der Waals surface area contributed by atoms with E-state index in [1.807, 2.05) is 0 Å². The highest BCUT2D eigenvalue weighted by Gasteiger charge is 2.37. The molecule has 6 nitrogen and oxygen atoms in total. The number of halogens is 1. The van der Waals surface area contributed by atoms with Crippen LogP contribution in [0, 0.1) is 10.1 Å². The third-order valence-electron chi connectivity index (χ3n) is 1.58. The molecule has 0 spiro atoms. The molecule has 0 aliphatic rings. The Labute approximate surface area is 98.1 Å². The van der Waals surface area contributed by atoms with Gasteiger partial charge in [-0.25, -0.2) is 4.84 Å². The molecule has 0 aromatic heterocycles. The van der Waals surface area contributed by atoms with E-state index < -0.39 is 14.7 Å². The first-order chi connectivity index (χ1) is 6.94. The zero-order chi connectivity index (χ0) is 11.5. The van der Waals surface area contributed by atoms with E-state index in [0.29, 0.717) is 0 Å². The Balaban J connectivity index is 2.92. The predicted octanol–water partition coefficient (Wildman–Crippen LogP) is 1.00. The van der Waals surface area contributed by atoms with Crippen molar-refractivity contribution in [2.45, 2.75) is 3.61 Å². The second kappa shape index (κ2) is 4.53. The van der Waals surface area contributed by atoms with Gasteiger partial charge in [-0.1, -0.05) is 30.3 Å². The number of nitrogens with zero attached hydrogens (tertiary/aromatic N) is 1. The maximum atomic E-state index is 11.2. The van der Waals surface area contributed by atoms with E-state index in [9.17, 15) is 20.0 Å². The van der Waals surface area contributed by atoms with E-state index >= 15 is 0 Å². The van der Waals surface area contributed by atoms with Gasteiger partial charge in [0.2, 0.25) is 3.61 Å². The lowest BCUT2D eigenvalue weighted by molar-refractivity contribution is -0.730. The number of rotatable bonds is 3. The van der Waals surface area contributed by atoms with Gasteiger partial charge in [0.15, 0.2) is 0 Å². The highest BCUT2D eigenvalue weighted by atomic mass is 127. The van der Waals surface area contributed by atoms with Crippen molar-refractivity contribution in [1.29, 1.82) is 0 Å². The van der Waals surface area contributed by atoms with Gasteiger partial charge in [0.05, 0.1) is 0 Å². The Morgan fingerprint density at radius 3 is 2.47 bits per heavy atom. The number of aliphatic hydroxyl groups is 1. The van der Waals surface area contributed by atoms with Crippen LogP contribution in [0.3, 0.4) is 0 Å². The number of hydrogen-bond donors (Lipinski definition) is 1. The van der Waals surface area contributed by atoms with Gasteiger partial charge >= 0.3 is 11.1 Å². The summed E-state index contributed by atoms with van der Waals surface area (Å²) in [5, 5.41) is 18.4.